The van der Waals surface area contributed by atoms with Crippen LogP contribution in [-0.4, -0.2) is 30.4 Å². The van der Waals surface area contributed by atoms with Crippen molar-refractivity contribution in [3.05, 3.63) is 20.9 Å². The van der Waals surface area contributed by atoms with E-state index in [4.69, 9.17) is 24.4 Å². The van der Waals surface area contributed by atoms with Gasteiger partial charge in [-0.1, -0.05) is 0 Å². The first-order valence-corrected chi connectivity index (χ1v) is 5.37. The van der Waals surface area contributed by atoms with Gasteiger partial charge in [-0.05, 0) is 38.3 Å². The number of hydrogen-bond acceptors (Lipinski definition) is 4. The zero-order valence-corrected chi connectivity index (χ0v) is 10.3. The van der Waals surface area contributed by atoms with Crippen molar-refractivity contribution in [2.45, 2.75) is 13.8 Å². The molecule has 4 N–H and O–H groups in total. The van der Waals surface area contributed by atoms with Gasteiger partial charge < -0.3 is 10.1 Å². The van der Waals surface area contributed by atoms with Crippen LogP contribution in [0.3, 0.4) is 0 Å². The van der Waals surface area contributed by atoms with Crippen molar-refractivity contribution >= 4 is 24.4 Å². The molecule has 0 aromatic carbocycles. The fraction of sp³-hybridized carbons (Fsp3) is 0.250. The Kier molecular flexibility index (Phi) is 2.84. The van der Waals surface area contributed by atoms with Crippen molar-refractivity contribution in [2.75, 3.05) is 0 Å². The van der Waals surface area contributed by atoms with Gasteiger partial charge in [0.2, 0.25) is 4.77 Å². The smallest absolute Gasteiger partial charge is 0.213 e. The molecule has 16 heavy (non-hydrogen) atoms. The summed E-state index contributed by atoms with van der Waals surface area (Å²) in [5, 5.41) is 12.6. The number of rotatable bonds is 0. The predicted octanol–water partition coefficient (Wildman–Crippen LogP) is 2.09. The van der Waals surface area contributed by atoms with Crippen molar-refractivity contribution in [1.82, 2.24) is 30.4 Å². The third-order valence-electron chi connectivity index (χ3n) is 2.10. The molecular formula is C8H10N6S2. The van der Waals surface area contributed by atoms with Gasteiger partial charge in [-0.3, -0.25) is 10.2 Å². The fourth-order valence-corrected chi connectivity index (χ4v) is 1.72. The molecule has 0 unspecified atom stereocenters. The molecule has 84 valence electrons. The zero-order valence-electron chi connectivity index (χ0n) is 8.71. The summed E-state index contributed by atoms with van der Waals surface area (Å²) >= 11 is 10.0. The molecule has 0 aromatic heterocycles. The standard InChI is InChI=1S/C8H10N6S2/c1-3-5-4(2)12-14-8(16)10-6(5)9-7(15)13-11-3/h11H,1-2H3,(H3,9,10,13,14,15,16). The molecule has 8 heteroatoms. The molecule has 0 saturated carbocycles. The van der Waals surface area contributed by atoms with E-state index in [1.165, 1.54) is 0 Å². The summed E-state index contributed by atoms with van der Waals surface area (Å²) in [4.78, 5) is 7.15. The van der Waals surface area contributed by atoms with E-state index in [0.29, 0.717) is 15.4 Å². The Hall–Kier alpha value is -1.54. The van der Waals surface area contributed by atoms with Gasteiger partial charge in [0.1, 0.15) is 5.82 Å². The van der Waals surface area contributed by atoms with Crippen molar-refractivity contribution < 1.29 is 0 Å². The van der Waals surface area contributed by atoms with Gasteiger partial charge in [-0.25, -0.2) is 4.98 Å². The lowest BCUT2D eigenvalue weighted by atomic mass is 10.2. The van der Waals surface area contributed by atoms with Crippen molar-refractivity contribution in [3.8, 4) is 11.4 Å². The minimum Gasteiger partial charge on any atom is -0.315 e. The first-order valence-electron chi connectivity index (χ1n) is 4.55. The normalized spacial score (nSPS) is 10.4. The number of fused-ring (bicyclic) bond motifs is 1. The summed E-state index contributed by atoms with van der Waals surface area (Å²) in [5.41, 5.74) is 2.50. The molecule has 0 radical (unpaired) electrons. The molecule has 0 saturated heterocycles. The van der Waals surface area contributed by atoms with Crippen LogP contribution in [0.5, 0.6) is 0 Å². The molecule has 0 amide bonds. The number of H-pyrrole nitrogens is 4. The van der Waals surface area contributed by atoms with E-state index in [-0.39, 0.29) is 0 Å². The highest BCUT2D eigenvalue weighted by molar-refractivity contribution is 7.71. The molecule has 2 aliphatic rings. The summed E-state index contributed by atoms with van der Waals surface area (Å²) in [7, 11) is 0. The highest BCUT2D eigenvalue weighted by atomic mass is 32.1. The van der Waals surface area contributed by atoms with Crippen LogP contribution in [0.25, 0.3) is 11.4 Å². The maximum absolute atomic E-state index is 5.02. The second-order valence-corrected chi connectivity index (χ2v) is 4.07. The van der Waals surface area contributed by atoms with Crippen LogP contribution in [0.15, 0.2) is 0 Å². The number of aromatic nitrogens is 6. The quantitative estimate of drug-likeness (QED) is 0.542. The van der Waals surface area contributed by atoms with E-state index in [2.05, 4.69) is 30.4 Å². The van der Waals surface area contributed by atoms with E-state index in [0.717, 1.165) is 17.0 Å². The van der Waals surface area contributed by atoms with Gasteiger partial charge in [0.25, 0.3) is 0 Å². The second kappa shape index (κ2) is 4.14. The highest BCUT2D eigenvalue weighted by Gasteiger charge is 2.09. The first kappa shape index (κ1) is 11.0. The number of aromatic amines is 4. The molecule has 0 aromatic rings. The van der Waals surface area contributed by atoms with E-state index in [9.17, 15) is 0 Å². The number of nitrogens with one attached hydrogen (secondary N) is 4. The van der Waals surface area contributed by atoms with Crippen molar-refractivity contribution in [1.29, 1.82) is 0 Å². The number of aryl methyl sites for hydroxylation is 2. The lowest BCUT2D eigenvalue weighted by Gasteiger charge is -1.98. The molecular weight excluding hydrogens is 244 g/mol. The van der Waals surface area contributed by atoms with E-state index < -0.39 is 0 Å². The number of hydrogen-bond donors (Lipinski definition) is 4. The average molecular weight is 254 g/mol. The molecule has 0 aliphatic carbocycles. The van der Waals surface area contributed by atoms with Crippen LogP contribution in [0, 0.1) is 23.4 Å². The van der Waals surface area contributed by atoms with E-state index >= 15 is 0 Å². The highest BCUT2D eigenvalue weighted by Crippen LogP contribution is 2.18. The molecule has 0 bridgehead atoms. The molecule has 2 rings (SSSR count). The van der Waals surface area contributed by atoms with E-state index in [1.807, 2.05) is 13.8 Å². The predicted molar refractivity (Wildman–Crippen MR) is 64.8 cm³/mol. The van der Waals surface area contributed by atoms with Gasteiger partial charge in [0.15, 0.2) is 4.77 Å². The molecule has 0 spiro atoms. The van der Waals surface area contributed by atoms with Crippen LogP contribution in [0.1, 0.15) is 11.4 Å². The second-order valence-electron chi connectivity index (χ2n) is 3.28. The van der Waals surface area contributed by atoms with Gasteiger partial charge in [-0.2, -0.15) is 5.10 Å². The maximum Gasteiger partial charge on any atom is 0.213 e. The van der Waals surface area contributed by atoms with Gasteiger partial charge in [-0.15, -0.1) is 0 Å². The topological polar surface area (TPSA) is 88.9 Å². The Morgan fingerprint density at radius 3 is 2.62 bits per heavy atom. The SMILES string of the molecule is Cc1n[nH]c(=S)[nH]c2nc(=S)[nH][nH]c(C)c1-2. The van der Waals surface area contributed by atoms with Gasteiger partial charge in [0.05, 0.1) is 11.3 Å². The fourth-order valence-electron chi connectivity index (χ4n) is 1.43. The third kappa shape index (κ3) is 2.02. The lowest BCUT2D eigenvalue weighted by molar-refractivity contribution is 0.949. The van der Waals surface area contributed by atoms with Crippen LogP contribution >= 0.6 is 24.4 Å². The molecule has 0 fully saturated rings. The Labute approximate surface area is 101 Å². The maximum atomic E-state index is 5.02. The Morgan fingerprint density at radius 2 is 1.88 bits per heavy atom. The third-order valence-corrected chi connectivity index (χ3v) is 2.49. The van der Waals surface area contributed by atoms with E-state index in [1.54, 1.807) is 0 Å². The number of nitrogens with zero attached hydrogens (tertiary/aromatic N) is 2. The summed E-state index contributed by atoms with van der Waals surface area (Å²) < 4.78 is 0.736. The van der Waals surface area contributed by atoms with Gasteiger partial charge >= 0.3 is 0 Å². The van der Waals surface area contributed by atoms with Crippen molar-refractivity contribution in [3.63, 3.8) is 0 Å². The Morgan fingerprint density at radius 1 is 1.12 bits per heavy atom. The summed E-state index contributed by atoms with van der Waals surface area (Å²) in [6.07, 6.45) is 0. The summed E-state index contributed by atoms with van der Waals surface area (Å²) in [5.74, 6) is 0.594. The lowest BCUT2D eigenvalue weighted by Crippen LogP contribution is -1.90. The van der Waals surface area contributed by atoms with Crippen molar-refractivity contribution in [2.24, 2.45) is 0 Å². The summed E-state index contributed by atoms with van der Waals surface area (Å²) in [6.45, 7) is 3.77. The van der Waals surface area contributed by atoms with Crippen LogP contribution < -0.4 is 0 Å². The van der Waals surface area contributed by atoms with Crippen LogP contribution in [0.4, 0.5) is 0 Å². The average Bonchev–Trinajstić information content (AvgIpc) is 2.43. The molecule has 2 heterocycles. The monoisotopic (exact) mass is 254 g/mol. The largest absolute Gasteiger partial charge is 0.315 e. The van der Waals surface area contributed by atoms with Crippen LogP contribution in [0.2, 0.25) is 0 Å². The van der Waals surface area contributed by atoms with Gasteiger partial charge in [0, 0.05) is 5.69 Å². The molecule has 2 aliphatic heterocycles. The summed E-state index contributed by atoms with van der Waals surface area (Å²) in [6, 6.07) is 0. The Bertz CT molecular complexity index is 590. The first-order chi connectivity index (χ1) is 7.58. The minimum atomic E-state index is 0.342. The Balaban J connectivity index is 3.03. The van der Waals surface area contributed by atoms with Crippen LogP contribution in [-0.2, 0) is 0 Å². The zero-order chi connectivity index (χ0) is 11.7. The minimum absolute atomic E-state index is 0.342. The molecule has 6 nitrogen and oxygen atoms in total. The molecule has 0 atom stereocenters.